The zero-order valence-corrected chi connectivity index (χ0v) is 11.6. The van der Waals surface area contributed by atoms with Gasteiger partial charge in [-0.3, -0.25) is 0 Å². The quantitative estimate of drug-likeness (QED) is 0.857. The average Bonchev–Trinajstić information content (AvgIpc) is 2.88. The molecular formula is C15H20N4. The number of fused-ring (bicyclic) bond motifs is 1. The summed E-state index contributed by atoms with van der Waals surface area (Å²) in [6.45, 7) is 5.06. The van der Waals surface area contributed by atoms with Crippen molar-refractivity contribution in [1.29, 1.82) is 0 Å². The first-order valence-electron chi connectivity index (χ1n) is 6.98. The first-order chi connectivity index (χ1) is 9.25. The molecule has 0 amide bonds. The monoisotopic (exact) mass is 256 g/mol. The molecule has 0 saturated heterocycles. The van der Waals surface area contributed by atoms with Crippen LogP contribution in [0.25, 0.3) is 5.65 Å². The molecular weight excluding hydrogens is 236 g/mol. The van der Waals surface area contributed by atoms with Crippen LogP contribution in [0, 0.1) is 13.8 Å². The van der Waals surface area contributed by atoms with Gasteiger partial charge in [-0.1, -0.05) is 11.6 Å². The van der Waals surface area contributed by atoms with Gasteiger partial charge in [-0.2, -0.15) is 9.61 Å². The van der Waals surface area contributed by atoms with Crippen LogP contribution in [-0.4, -0.2) is 21.1 Å². The summed E-state index contributed by atoms with van der Waals surface area (Å²) in [6, 6.07) is 1.94. The SMILES string of the molecule is Cc1nc2ccnn2c(NCC2=CCCCC2)c1C. The Morgan fingerprint density at radius 1 is 1.32 bits per heavy atom. The molecule has 1 N–H and O–H groups in total. The second kappa shape index (κ2) is 5.03. The summed E-state index contributed by atoms with van der Waals surface area (Å²) in [5.74, 6) is 1.07. The molecule has 0 aromatic carbocycles. The van der Waals surface area contributed by atoms with Crippen LogP contribution in [0.15, 0.2) is 23.9 Å². The van der Waals surface area contributed by atoms with Gasteiger partial charge in [0, 0.05) is 23.9 Å². The van der Waals surface area contributed by atoms with Crippen molar-refractivity contribution in [2.24, 2.45) is 0 Å². The first kappa shape index (κ1) is 12.2. The summed E-state index contributed by atoms with van der Waals surface area (Å²) in [5.41, 5.74) is 4.66. The molecule has 0 bridgehead atoms. The van der Waals surface area contributed by atoms with Gasteiger partial charge in [-0.15, -0.1) is 0 Å². The number of aromatic nitrogens is 3. The molecule has 0 spiro atoms. The standard InChI is InChI=1S/C15H20N4/c1-11-12(2)18-14-8-9-17-19(14)15(11)16-10-13-6-4-3-5-7-13/h6,8-9,16H,3-5,7,10H2,1-2H3. The Labute approximate surface area is 113 Å². The first-order valence-corrected chi connectivity index (χ1v) is 6.98. The number of nitrogens with one attached hydrogen (secondary N) is 1. The maximum Gasteiger partial charge on any atom is 0.157 e. The van der Waals surface area contributed by atoms with Crippen molar-refractivity contribution in [2.75, 3.05) is 11.9 Å². The van der Waals surface area contributed by atoms with Crippen LogP contribution in [0.1, 0.15) is 36.9 Å². The van der Waals surface area contributed by atoms with Gasteiger partial charge in [0.2, 0.25) is 0 Å². The smallest absolute Gasteiger partial charge is 0.157 e. The molecule has 0 unspecified atom stereocenters. The van der Waals surface area contributed by atoms with Crippen molar-refractivity contribution < 1.29 is 0 Å². The molecule has 0 saturated carbocycles. The lowest BCUT2D eigenvalue weighted by Gasteiger charge is -2.16. The van der Waals surface area contributed by atoms with Crippen LogP contribution in [0.2, 0.25) is 0 Å². The zero-order chi connectivity index (χ0) is 13.2. The summed E-state index contributed by atoms with van der Waals surface area (Å²) in [4.78, 5) is 4.54. The van der Waals surface area contributed by atoms with E-state index in [4.69, 9.17) is 0 Å². The van der Waals surface area contributed by atoms with E-state index in [1.807, 2.05) is 17.5 Å². The average molecular weight is 256 g/mol. The van der Waals surface area contributed by atoms with Crippen molar-refractivity contribution in [1.82, 2.24) is 14.6 Å². The third-order valence-corrected chi connectivity index (χ3v) is 3.88. The minimum Gasteiger partial charge on any atom is -0.366 e. The fourth-order valence-electron chi connectivity index (χ4n) is 2.61. The maximum atomic E-state index is 4.54. The minimum atomic E-state index is 0.906. The lowest BCUT2D eigenvalue weighted by molar-refractivity contribution is 0.694. The van der Waals surface area contributed by atoms with E-state index >= 15 is 0 Å². The number of rotatable bonds is 3. The summed E-state index contributed by atoms with van der Waals surface area (Å²) < 4.78 is 1.89. The van der Waals surface area contributed by atoms with Crippen molar-refractivity contribution in [2.45, 2.75) is 39.5 Å². The van der Waals surface area contributed by atoms with Gasteiger partial charge in [0.15, 0.2) is 5.65 Å². The Morgan fingerprint density at radius 2 is 2.21 bits per heavy atom. The second-order valence-electron chi connectivity index (χ2n) is 5.23. The maximum absolute atomic E-state index is 4.54. The predicted molar refractivity (Wildman–Crippen MR) is 77.5 cm³/mol. The molecule has 4 heteroatoms. The largest absolute Gasteiger partial charge is 0.366 e. The summed E-state index contributed by atoms with van der Waals surface area (Å²) in [5, 5.41) is 7.90. The van der Waals surface area contributed by atoms with Gasteiger partial charge < -0.3 is 5.32 Å². The van der Waals surface area contributed by atoms with Crippen molar-refractivity contribution in [3.05, 3.63) is 35.2 Å². The Hall–Kier alpha value is -1.84. The number of anilines is 1. The lowest BCUT2D eigenvalue weighted by atomic mass is 10.00. The van der Waals surface area contributed by atoms with Crippen molar-refractivity contribution in [3.63, 3.8) is 0 Å². The number of allylic oxidation sites excluding steroid dienone is 1. The highest BCUT2D eigenvalue weighted by molar-refractivity contribution is 5.55. The van der Waals surface area contributed by atoms with Crippen LogP contribution in [0.5, 0.6) is 0 Å². The van der Waals surface area contributed by atoms with Gasteiger partial charge in [-0.05, 0) is 39.5 Å². The molecule has 4 nitrogen and oxygen atoms in total. The Bertz CT molecular complexity index is 624. The van der Waals surface area contributed by atoms with Gasteiger partial charge in [0.1, 0.15) is 5.82 Å². The Morgan fingerprint density at radius 3 is 3.00 bits per heavy atom. The van der Waals surface area contributed by atoms with Crippen LogP contribution in [0.4, 0.5) is 5.82 Å². The third kappa shape index (κ3) is 2.35. The number of nitrogens with zero attached hydrogens (tertiary/aromatic N) is 3. The normalized spacial score (nSPS) is 15.6. The van der Waals surface area contributed by atoms with Gasteiger partial charge in [0.25, 0.3) is 0 Å². The summed E-state index contributed by atoms with van der Waals surface area (Å²) >= 11 is 0. The van der Waals surface area contributed by atoms with E-state index < -0.39 is 0 Å². The fraction of sp³-hybridized carbons (Fsp3) is 0.467. The fourth-order valence-corrected chi connectivity index (χ4v) is 2.61. The number of hydrogen-bond acceptors (Lipinski definition) is 3. The molecule has 0 aliphatic heterocycles. The molecule has 3 rings (SSSR count). The number of hydrogen-bond donors (Lipinski definition) is 1. The van der Waals surface area contributed by atoms with E-state index in [0.29, 0.717) is 0 Å². The van der Waals surface area contributed by atoms with Gasteiger partial charge in [-0.25, -0.2) is 4.98 Å². The van der Waals surface area contributed by atoms with Crippen LogP contribution >= 0.6 is 0 Å². The summed E-state index contributed by atoms with van der Waals surface area (Å²) in [7, 11) is 0. The molecule has 0 atom stereocenters. The molecule has 1 aliphatic rings. The highest BCUT2D eigenvalue weighted by atomic mass is 15.3. The molecule has 19 heavy (non-hydrogen) atoms. The van der Waals surface area contributed by atoms with E-state index in [-0.39, 0.29) is 0 Å². The molecule has 1 aliphatic carbocycles. The second-order valence-corrected chi connectivity index (χ2v) is 5.23. The predicted octanol–water partition coefficient (Wildman–Crippen LogP) is 3.26. The van der Waals surface area contributed by atoms with Gasteiger partial charge >= 0.3 is 0 Å². The molecule has 0 fully saturated rings. The lowest BCUT2D eigenvalue weighted by Crippen LogP contribution is -2.13. The topological polar surface area (TPSA) is 42.2 Å². The third-order valence-electron chi connectivity index (χ3n) is 3.88. The van der Waals surface area contributed by atoms with E-state index in [1.54, 1.807) is 6.20 Å². The van der Waals surface area contributed by atoms with E-state index in [2.05, 4.69) is 28.4 Å². The molecule has 2 heterocycles. The van der Waals surface area contributed by atoms with Crippen molar-refractivity contribution in [3.8, 4) is 0 Å². The van der Waals surface area contributed by atoms with Crippen LogP contribution in [-0.2, 0) is 0 Å². The molecule has 2 aromatic heterocycles. The van der Waals surface area contributed by atoms with Gasteiger partial charge in [0.05, 0.1) is 6.20 Å². The van der Waals surface area contributed by atoms with Crippen LogP contribution < -0.4 is 5.32 Å². The van der Waals surface area contributed by atoms with E-state index in [9.17, 15) is 0 Å². The van der Waals surface area contributed by atoms with Crippen molar-refractivity contribution >= 4 is 11.5 Å². The summed E-state index contributed by atoms with van der Waals surface area (Å²) in [6.07, 6.45) is 9.27. The molecule has 0 radical (unpaired) electrons. The minimum absolute atomic E-state index is 0.906. The molecule has 2 aromatic rings. The number of aryl methyl sites for hydroxylation is 1. The Balaban J connectivity index is 1.89. The Kier molecular flexibility index (Phi) is 3.23. The van der Waals surface area contributed by atoms with E-state index in [1.165, 1.54) is 36.8 Å². The molecule has 100 valence electrons. The van der Waals surface area contributed by atoms with Crippen LogP contribution in [0.3, 0.4) is 0 Å². The zero-order valence-electron chi connectivity index (χ0n) is 11.6. The highest BCUT2D eigenvalue weighted by Gasteiger charge is 2.10. The highest BCUT2D eigenvalue weighted by Crippen LogP contribution is 2.21. The van der Waals surface area contributed by atoms with E-state index in [0.717, 1.165) is 23.7 Å².